The molecule has 1 heterocycles. The fourth-order valence-electron chi connectivity index (χ4n) is 3.48. The topological polar surface area (TPSA) is 43.8 Å². The van der Waals surface area contributed by atoms with E-state index in [0.29, 0.717) is 12.5 Å². The van der Waals surface area contributed by atoms with Gasteiger partial charge in [0.15, 0.2) is 0 Å². The Morgan fingerprint density at radius 1 is 1.25 bits per heavy atom. The fourth-order valence-corrected chi connectivity index (χ4v) is 3.48. The molecule has 3 rings (SSSR count). The third-order valence-electron chi connectivity index (χ3n) is 4.68. The van der Waals surface area contributed by atoms with Gasteiger partial charge < -0.3 is 10.0 Å². The summed E-state index contributed by atoms with van der Waals surface area (Å²) in [6.07, 6.45) is 0.164. The molecular weight excluding hydrogens is 300 g/mol. The molecule has 0 radical (unpaired) electrons. The molecule has 0 unspecified atom stereocenters. The molecular formula is C20H24N2O2. The molecule has 24 heavy (non-hydrogen) atoms. The summed E-state index contributed by atoms with van der Waals surface area (Å²) < 4.78 is 0. The van der Waals surface area contributed by atoms with Gasteiger partial charge in [0.1, 0.15) is 0 Å². The van der Waals surface area contributed by atoms with Crippen molar-refractivity contribution < 1.29 is 9.90 Å². The van der Waals surface area contributed by atoms with E-state index in [2.05, 4.69) is 31.0 Å². The normalized spacial score (nSPS) is 17.8. The first-order valence-electron chi connectivity index (χ1n) is 8.39. The maximum Gasteiger partial charge on any atom is 0.411 e. The number of hydrogen-bond acceptors (Lipinski definition) is 2. The van der Waals surface area contributed by atoms with Crippen LogP contribution < -0.4 is 4.90 Å². The van der Waals surface area contributed by atoms with Crippen LogP contribution in [0.5, 0.6) is 0 Å². The molecule has 1 atom stereocenters. The number of amides is 1. The van der Waals surface area contributed by atoms with Crippen LogP contribution in [0.15, 0.2) is 48.5 Å². The molecule has 4 heteroatoms. The Kier molecular flexibility index (Phi) is 4.86. The summed E-state index contributed by atoms with van der Waals surface area (Å²) >= 11 is 0. The van der Waals surface area contributed by atoms with Crippen LogP contribution in [0.3, 0.4) is 0 Å². The molecule has 0 saturated carbocycles. The highest BCUT2D eigenvalue weighted by Crippen LogP contribution is 2.32. The molecule has 1 N–H and O–H groups in total. The zero-order valence-electron chi connectivity index (χ0n) is 14.3. The van der Waals surface area contributed by atoms with Crippen LogP contribution in [0.25, 0.3) is 11.1 Å². The van der Waals surface area contributed by atoms with E-state index < -0.39 is 6.09 Å². The van der Waals surface area contributed by atoms with Crippen LogP contribution in [-0.2, 0) is 0 Å². The molecule has 4 nitrogen and oxygen atoms in total. The summed E-state index contributed by atoms with van der Waals surface area (Å²) in [5, 5.41) is 9.79. The van der Waals surface area contributed by atoms with Crippen molar-refractivity contribution in [2.45, 2.75) is 13.3 Å². The highest BCUT2D eigenvalue weighted by molar-refractivity contribution is 5.92. The molecule has 1 aliphatic rings. The lowest BCUT2D eigenvalue weighted by Crippen LogP contribution is -2.35. The van der Waals surface area contributed by atoms with Crippen LogP contribution >= 0.6 is 0 Å². The Bertz CT molecular complexity index is 729. The molecule has 1 amide bonds. The highest BCUT2D eigenvalue weighted by atomic mass is 16.4. The number of para-hydroxylation sites is 1. The summed E-state index contributed by atoms with van der Waals surface area (Å²) in [7, 11) is 2.09. The summed E-state index contributed by atoms with van der Waals surface area (Å²) in [5.41, 5.74) is 3.96. The zero-order valence-corrected chi connectivity index (χ0v) is 14.3. The lowest BCUT2D eigenvalue weighted by molar-refractivity contribution is 0.200. The van der Waals surface area contributed by atoms with E-state index in [0.717, 1.165) is 36.3 Å². The average molecular weight is 324 g/mol. The predicted molar refractivity (Wildman–Crippen MR) is 97.6 cm³/mol. The second kappa shape index (κ2) is 7.05. The smallest absolute Gasteiger partial charge is 0.411 e. The summed E-state index contributed by atoms with van der Waals surface area (Å²) in [4.78, 5) is 15.7. The Labute approximate surface area is 143 Å². The lowest BCUT2D eigenvalue weighted by Gasteiger charge is -2.25. The van der Waals surface area contributed by atoms with Crippen molar-refractivity contribution in [3.05, 3.63) is 54.1 Å². The van der Waals surface area contributed by atoms with E-state index >= 15 is 0 Å². The van der Waals surface area contributed by atoms with Gasteiger partial charge in [0.2, 0.25) is 0 Å². The number of anilines is 1. The van der Waals surface area contributed by atoms with Gasteiger partial charge in [0.25, 0.3) is 0 Å². The Morgan fingerprint density at radius 3 is 2.71 bits per heavy atom. The van der Waals surface area contributed by atoms with Crippen LogP contribution in [0, 0.1) is 12.8 Å². The van der Waals surface area contributed by atoms with Crippen molar-refractivity contribution >= 4 is 11.8 Å². The predicted octanol–water partition coefficient (Wildman–Crippen LogP) is 4.10. The van der Waals surface area contributed by atoms with Gasteiger partial charge in [-0.15, -0.1) is 0 Å². The monoisotopic (exact) mass is 324 g/mol. The van der Waals surface area contributed by atoms with Crippen molar-refractivity contribution in [2.24, 2.45) is 5.92 Å². The molecule has 126 valence electrons. The van der Waals surface area contributed by atoms with E-state index in [1.807, 2.05) is 36.4 Å². The Morgan fingerprint density at radius 2 is 2.04 bits per heavy atom. The lowest BCUT2D eigenvalue weighted by atomic mass is 10.00. The van der Waals surface area contributed by atoms with Crippen molar-refractivity contribution in [1.29, 1.82) is 0 Å². The maximum atomic E-state index is 11.9. The van der Waals surface area contributed by atoms with E-state index in [4.69, 9.17) is 0 Å². The van der Waals surface area contributed by atoms with Gasteiger partial charge in [0.05, 0.1) is 5.69 Å². The van der Waals surface area contributed by atoms with E-state index in [1.54, 1.807) is 0 Å². The van der Waals surface area contributed by atoms with Crippen molar-refractivity contribution in [2.75, 3.05) is 31.6 Å². The van der Waals surface area contributed by atoms with E-state index in [1.165, 1.54) is 10.5 Å². The van der Waals surface area contributed by atoms with Gasteiger partial charge in [-0.1, -0.05) is 48.0 Å². The van der Waals surface area contributed by atoms with Gasteiger partial charge in [-0.2, -0.15) is 0 Å². The molecule has 2 aromatic rings. The third-order valence-corrected chi connectivity index (χ3v) is 4.68. The maximum absolute atomic E-state index is 11.9. The third kappa shape index (κ3) is 3.60. The largest absolute Gasteiger partial charge is 0.465 e. The first kappa shape index (κ1) is 16.5. The molecule has 0 aromatic heterocycles. The zero-order chi connectivity index (χ0) is 17.1. The van der Waals surface area contributed by atoms with Crippen molar-refractivity contribution in [3.8, 4) is 11.1 Å². The summed E-state index contributed by atoms with van der Waals surface area (Å²) in [6.45, 7) is 4.59. The molecule has 1 aliphatic heterocycles. The Hall–Kier alpha value is -2.33. The molecule has 1 saturated heterocycles. The van der Waals surface area contributed by atoms with Gasteiger partial charge in [-0.25, -0.2) is 4.79 Å². The van der Waals surface area contributed by atoms with Gasteiger partial charge in [0, 0.05) is 18.7 Å². The standard InChI is InChI=1S/C20H24N2O2/c1-15-6-5-7-17(12-15)18-8-3-4-9-19(18)22(20(23)24)14-16-10-11-21(2)13-16/h3-9,12,16H,10-11,13-14H2,1-2H3,(H,23,24)/t16-/m0/s1. The minimum atomic E-state index is -0.885. The van der Waals surface area contributed by atoms with Crippen LogP contribution in [-0.4, -0.2) is 42.8 Å². The van der Waals surface area contributed by atoms with E-state index in [-0.39, 0.29) is 0 Å². The summed E-state index contributed by atoms with van der Waals surface area (Å²) in [5.74, 6) is 0.386. The number of rotatable bonds is 4. The number of nitrogens with zero attached hydrogens (tertiary/aromatic N) is 2. The van der Waals surface area contributed by atoms with Crippen LogP contribution in [0.2, 0.25) is 0 Å². The summed E-state index contributed by atoms with van der Waals surface area (Å²) in [6, 6.07) is 16.0. The Balaban J connectivity index is 1.95. The molecule has 2 aromatic carbocycles. The SMILES string of the molecule is Cc1cccc(-c2ccccc2N(C[C@H]2CCN(C)C2)C(=O)O)c1. The molecule has 0 spiro atoms. The average Bonchev–Trinajstić information content (AvgIpc) is 2.97. The number of carboxylic acid groups (broad SMARTS) is 1. The van der Waals surface area contributed by atoms with Crippen LogP contribution in [0.4, 0.5) is 10.5 Å². The fraction of sp³-hybridized carbons (Fsp3) is 0.350. The second-order valence-electron chi connectivity index (χ2n) is 6.70. The quantitative estimate of drug-likeness (QED) is 0.921. The van der Waals surface area contributed by atoms with Gasteiger partial charge in [-0.05, 0) is 44.5 Å². The first-order chi connectivity index (χ1) is 11.5. The number of aryl methyl sites for hydroxylation is 1. The molecule has 0 aliphatic carbocycles. The van der Waals surface area contributed by atoms with Gasteiger partial charge in [-0.3, -0.25) is 4.90 Å². The number of benzene rings is 2. The van der Waals surface area contributed by atoms with E-state index in [9.17, 15) is 9.90 Å². The second-order valence-corrected chi connectivity index (χ2v) is 6.70. The highest BCUT2D eigenvalue weighted by Gasteiger charge is 2.26. The number of hydrogen-bond donors (Lipinski definition) is 1. The van der Waals surface area contributed by atoms with Crippen LogP contribution in [0.1, 0.15) is 12.0 Å². The number of likely N-dealkylation sites (tertiary alicyclic amines) is 1. The first-order valence-corrected chi connectivity index (χ1v) is 8.39. The van der Waals surface area contributed by atoms with Crippen molar-refractivity contribution in [1.82, 2.24) is 4.90 Å². The van der Waals surface area contributed by atoms with Crippen molar-refractivity contribution in [3.63, 3.8) is 0 Å². The minimum absolute atomic E-state index is 0.386. The molecule has 1 fully saturated rings. The molecule has 0 bridgehead atoms. The van der Waals surface area contributed by atoms with Gasteiger partial charge >= 0.3 is 6.09 Å². The number of carbonyl (C=O) groups is 1. The minimum Gasteiger partial charge on any atom is -0.465 e.